The standard InChI is InChI=1S/C23H21BrN4O3/c24-17-7-3-2-6-15(17)12-28-13-16(21(30)20-18(28)8-9-19(29)26-20)22(31)27-23(14-25)10-4-1-5-11-23/h2-3,6-9,13H,1,4-5,10-12H2,(H,26,29)(H,27,31). The van der Waals surface area contributed by atoms with Gasteiger partial charge >= 0.3 is 0 Å². The number of nitrogens with one attached hydrogen (secondary N) is 2. The van der Waals surface area contributed by atoms with E-state index in [0.717, 1.165) is 29.3 Å². The number of hydrogen-bond acceptors (Lipinski definition) is 4. The second-order valence-electron chi connectivity index (χ2n) is 7.88. The minimum atomic E-state index is -0.964. The zero-order chi connectivity index (χ0) is 22.0. The smallest absolute Gasteiger partial charge is 0.258 e. The predicted octanol–water partition coefficient (Wildman–Crippen LogP) is 3.46. The third kappa shape index (κ3) is 4.19. The van der Waals surface area contributed by atoms with E-state index in [0.29, 0.717) is 24.9 Å². The summed E-state index contributed by atoms with van der Waals surface area (Å²) in [5.41, 5.74) is -0.500. The van der Waals surface area contributed by atoms with E-state index in [1.54, 1.807) is 10.6 Å². The van der Waals surface area contributed by atoms with Crippen molar-refractivity contribution in [2.24, 2.45) is 0 Å². The van der Waals surface area contributed by atoms with Gasteiger partial charge in [-0.25, -0.2) is 0 Å². The van der Waals surface area contributed by atoms with Gasteiger partial charge in [0.2, 0.25) is 11.0 Å². The summed E-state index contributed by atoms with van der Waals surface area (Å²) in [5, 5.41) is 12.5. The van der Waals surface area contributed by atoms with Crippen LogP contribution in [0.15, 0.2) is 56.7 Å². The summed E-state index contributed by atoms with van der Waals surface area (Å²) in [6, 6.07) is 12.8. The van der Waals surface area contributed by atoms with Crippen LogP contribution < -0.4 is 16.3 Å². The maximum Gasteiger partial charge on any atom is 0.258 e. The van der Waals surface area contributed by atoms with Crippen molar-refractivity contribution in [3.05, 3.63) is 78.8 Å². The predicted molar refractivity (Wildman–Crippen MR) is 121 cm³/mol. The molecule has 2 N–H and O–H groups in total. The molecule has 0 radical (unpaired) electrons. The Kier molecular flexibility index (Phi) is 5.79. The van der Waals surface area contributed by atoms with Gasteiger partial charge in [-0.2, -0.15) is 5.26 Å². The number of carbonyl (C=O) groups excluding carboxylic acids is 1. The maximum atomic E-state index is 13.1. The zero-order valence-corrected chi connectivity index (χ0v) is 18.4. The molecule has 0 saturated heterocycles. The zero-order valence-electron chi connectivity index (χ0n) is 16.8. The van der Waals surface area contributed by atoms with Crippen molar-refractivity contribution in [2.45, 2.75) is 44.2 Å². The van der Waals surface area contributed by atoms with Gasteiger partial charge in [0.25, 0.3) is 5.91 Å². The van der Waals surface area contributed by atoms with Gasteiger partial charge < -0.3 is 14.9 Å². The van der Waals surface area contributed by atoms with Gasteiger partial charge in [0.05, 0.1) is 11.6 Å². The Labute approximate surface area is 186 Å². The Bertz CT molecular complexity index is 1310. The molecular formula is C23H21BrN4O3. The number of pyridine rings is 2. The lowest BCUT2D eigenvalue weighted by molar-refractivity contribution is 0.0901. The Hall–Kier alpha value is -3.18. The molecule has 1 aromatic carbocycles. The van der Waals surface area contributed by atoms with Crippen LogP contribution in [0.4, 0.5) is 0 Å². The minimum Gasteiger partial charge on any atom is -0.341 e. The molecule has 7 nitrogen and oxygen atoms in total. The number of H-pyrrole nitrogens is 1. The van der Waals surface area contributed by atoms with E-state index in [9.17, 15) is 19.6 Å². The van der Waals surface area contributed by atoms with Crippen LogP contribution in [-0.2, 0) is 6.54 Å². The van der Waals surface area contributed by atoms with Crippen LogP contribution in [0.25, 0.3) is 11.0 Å². The summed E-state index contributed by atoms with van der Waals surface area (Å²) >= 11 is 3.53. The van der Waals surface area contributed by atoms with Crippen LogP contribution in [0, 0.1) is 11.3 Å². The van der Waals surface area contributed by atoms with E-state index in [1.165, 1.54) is 12.3 Å². The van der Waals surface area contributed by atoms with E-state index in [4.69, 9.17) is 0 Å². The molecule has 1 aliphatic rings. The number of aromatic amines is 1. The molecule has 0 aliphatic heterocycles. The molecule has 1 fully saturated rings. The topological polar surface area (TPSA) is 108 Å². The Morgan fingerprint density at radius 3 is 2.61 bits per heavy atom. The molecule has 0 spiro atoms. The fraction of sp³-hybridized carbons (Fsp3) is 0.304. The van der Waals surface area contributed by atoms with Gasteiger partial charge in [-0.1, -0.05) is 53.4 Å². The summed E-state index contributed by atoms with van der Waals surface area (Å²) in [5.74, 6) is -0.596. The quantitative estimate of drug-likeness (QED) is 0.595. The molecule has 3 aromatic rings. The van der Waals surface area contributed by atoms with E-state index in [2.05, 4.69) is 32.3 Å². The molecule has 158 valence electrons. The molecule has 1 amide bonds. The lowest BCUT2D eigenvalue weighted by atomic mass is 9.82. The summed E-state index contributed by atoms with van der Waals surface area (Å²) < 4.78 is 2.66. The monoisotopic (exact) mass is 480 g/mol. The first kappa shape index (κ1) is 21.1. The molecule has 1 aliphatic carbocycles. The second-order valence-corrected chi connectivity index (χ2v) is 8.74. The van der Waals surface area contributed by atoms with Crippen molar-refractivity contribution in [3.8, 4) is 6.07 Å². The van der Waals surface area contributed by atoms with Gasteiger partial charge in [-0.3, -0.25) is 14.4 Å². The SMILES string of the molecule is N#CC1(NC(=O)c2cn(Cc3ccccc3Br)c3ccc(=O)[nH]c3c2=O)CCCCC1. The van der Waals surface area contributed by atoms with Crippen LogP contribution >= 0.6 is 15.9 Å². The number of rotatable bonds is 4. The minimum absolute atomic E-state index is 0.0712. The maximum absolute atomic E-state index is 13.1. The molecule has 0 unspecified atom stereocenters. The van der Waals surface area contributed by atoms with Crippen LogP contribution in [0.5, 0.6) is 0 Å². The van der Waals surface area contributed by atoms with Gasteiger partial charge in [0, 0.05) is 23.3 Å². The molecule has 1 saturated carbocycles. The summed E-state index contributed by atoms with van der Waals surface area (Å²) in [6.45, 7) is 0.383. The fourth-order valence-electron chi connectivity index (χ4n) is 4.11. The lowest BCUT2D eigenvalue weighted by Gasteiger charge is -2.31. The largest absolute Gasteiger partial charge is 0.341 e. The third-order valence-corrected chi connectivity index (χ3v) is 6.55. The summed E-state index contributed by atoms with van der Waals surface area (Å²) in [7, 11) is 0. The van der Waals surface area contributed by atoms with Gasteiger partial charge in [-0.15, -0.1) is 0 Å². The highest BCUT2D eigenvalue weighted by Gasteiger charge is 2.34. The number of nitrogens with zero attached hydrogens (tertiary/aromatic N) is 2. The lowest BCUT2D eigenvalue weighted by Crippen LogP contribution is -2.49. The van der Waals surface area contributed by atoms with Gasteiger partial charge in [-0.05, 0) is 30.5 Å². The summed E-state index contributed by atoms with van der Waals surface area (Å²) in [6.07, 6.45) is 5.35. The molecule has 2 aromatic heterocycles. The second kappa shape index (κ2) is 8.52. The number of hydrogen-bond donors (Lipinski definition) is 2. The van der Waals surface area contributed by atoms with E-state index < -0.39 is 22.4 Å². The van der Waals surface area contributed by atoms with Crippen molar-refractivity contribution in [2.75, 3.05) is 0 Å². The molecule has 0 atom stereocenters. The highest BCUT2D eigenvalue weighted by atomic mass is 79.9. The number of nitriles is 1. The van der Waals surface area contributed by atoms with E-state index >= 15 is 0 Å². The Morgan fingerprint density at radius 1 is 1.16 bits per heavy atom. The van der Waals surface area contributed by atoms with Crippen LogP contribution in [0.2, 0.25) is 0 Å². The fourth-order valence-corrected chi connectivity index (χ4v) is 4.52. The normalized spacial score (nSPS) is 15.4. The first-order valence-corrected chi connectivity index (χ1v) is 11.0. The average Bonchev–Trinajstić information content (AvgIpc) is 2.77. The third-order valence-electron chi connectivity index (χ3n) is 5.78. The first-order valence-electron chi connectivity index (χ1n) is 10.2. The van der Waals surface area contributed by atoms with Crippen molar-refractivity contribution in [1.82, 2.24) is 14.9 Å². The molecule has 2 heterocycles. The van der Waals surface area contributed by atoms with Crippen LogP contribution in [0.3, 0.4) is 0 Å². The van der Waals surface area contributed by atoms with Crippen LogP contribution in [0.1, 0.15) is 48.0 Å². The molecule has 4 rings (SSSR count). The van der Waals surface area contributed by atoms with Crippen LogP contribution in [-0.4, -0.2) is 21.0 Å². The summed E-state index contributed by atoms with van der Waals surface area (Å²) in [4.78, 5) is 40.7. The van der Waals surface area contributed by atoms with Crippen molar-refractivity contribution >= 4 is 32.9 Å². The Balaban J connectivity index is 1.82. The number of fused-ring (bicyclic) bond motifs is 1. The molecule has 8 heteroatoms. The highest BCUT2D eigenvalue weighted by Crippen LogP contribution is 2.28. The molecule has 31 heavy (non-hydrogen) atoms. The Morgan fingerprint density at radius 2 is 1.90 bits per heavy atom. The molecule has 0 bridgehead atoms. The highest BCUT2D eigenvalue weighted by molar-refractivity contribution is 9.10. The number of carbonyl (C=O) groups is 1. The average molecular weight is 481 g/mol. The number of halogens is 1. The van der Waals surface area contributed by atoms with Crippen molar-refractivity contribution in [3.63, 3.8) is 0 Å². The first-order chi connectivity index (χ1) is 14.9. The van der Waals surface area contributed by atoms with E-state index in [-0.39, 0.29) is 11.1 Å². The number of aromatic nitrogens is 2. The van der Waals surface area contributed by atoms with Gasteiger partial charge in [0.15, 0.2) is 0 Å². The van der Waals surface area contributed by atoms with E-state index in [1.807, 2.05) is 24.3 Å². The molecular weight excluding hydrogens is 460 g/mol. The number of benzene rings is 1. The van der Waals surface area contributed by atoms with Gasteiger partial charge in [0.1, 0.15) is 16.6 Å². The number of amides is 1. The van der Waals surface area contributed by atoms with Crippen molar-refractivity contribution in [1.29, 1.82) is 5.26 Å². The van der Waals surface area contributed by atoms with Crippen molar-refractivity contribution < 1.29 is 4.79 Å².